The van der Waals surface area contributed by atoms with Crippen molar-refractivity contribution in [3.05, 3.63) is 161 Å². The molecule has 0 unspecified atom stereocenters. The second-order valence-corrected chi connectivity index (χ2v) is 24.2. The molecule has 5 heteroatoms. The van der Waals surface area contributed by atoms with Crippen LogP contribution in [0.25, 0.3) is 91.9 Å². The molecule has 0 saturated carbocycles. The van der Waals surface area contributed by atoms with Crippen LogP contribution < -0.4 is 16.2 Å². The van der Waals surface area contributed by atoms with Gasteiger partial charge in [0.15, 0.2) is 7.28 Å². The van der Waals surface area contributed by atoms with E-state index < -0.39 is 0 Å². The van der Waals surface area contributed by atoms with E-state index in [1.165, 1.54) is 122 Å². The zero-order valence-electron chi connectivity index (χ0n) is 40.5. The van der Waals surface area contributed by atoms with Crippen LogP contribution in [-0.2, 0) is 21.7 Å². The minimum Gasteiger partial charge on any atom is -0.456 e. The molecule has 11 aromatic rings. The summed E-state index contributed by atoms with van der Waals surface area (Å²) >= 11 is 1.89. The number of nitrogens with one attached hydrogen (secondary N) is 1. The quantitative estimate of drug-likeness (QED) is 0.179. The lowest BCUT2D eigenvalue weighted by Gasteiger charge is -2.42. The maximum absolute atomic E-state index is 6.58. The first-order valence-corrected chi connectivity index (χ1v) is 25.3. The van der Waals surface area contributed by atoms with Crippen molar-refractivity contribution in [2.45, 2.75) is 96.8 Å². The Morgan fingerprint density at radius 3 is 2.04 bits per heavy atom. The molecule has 1 aliphatic heterocycles. The van der Waals surface area contributed by atoms with Gasteiger partial charge >= 0.3 is 0 Å². The van der Waals surface area contributed by atoms with Crippen molar-refractivity contribution in [2.75, 3.05) is 5.32 Å². The fraction of sp³-hybridized carbons (Fsp3) is 0.238. The van der Waals surface area contributed by atoms with E-state index in [0.717, 1.165) is 33.3 Å². The van der Waals surface area contributed by atoms with Crippen molar-refractivity contribution in [3.8, 4) is 27.9 Å². The Hall–Kier alpha value is -6.56. The monoisotopic (exact) mass is 897 g/mol. The van der Waals surface area contributed by atoms with Crippen LogP contribution in [0.15, 0.2) is 138 Å². The number of hydrogen-bond acceptors (Lipinski definition) is 3. The van der Waals surface area contributed by atoms with Crippen molar-refractivity contribution in [3.63, 3.8) is 0 Å². The van der Waals surface area contributed by atoms with Crippen molar-refractivity contribution in [1.29, 1.82) is 0 Å². The highest BCUT2D eigenvalue weighted by molar-refractivity contribution is 7.26. The summed E-state index contributed by atoms with van der Waals surface area (Å²) in [6.07, 6.45) is 2.39. The summed E-state index contributed by atoms with van der Waals surface area (Å²) in [5, 5.41) is 11.4. The maximum Gasteiger partial charge on any atom is 0.197 e. The molecule has 0 spiro atoms. The van der Waals surface area contributed by atoms with E-state index in [1.54, 1.807) is 0 Å². The highest BCUT2D eigenvalue weighted by Crippen LogP contribution is 2.56. The Bertz CT molecular complexity index is 4030. The number of rotatable bonds is 3. The molecule has 68 heavy (non-hydrogen) atoms. The molecule has 0 atom stereocenters. The molecule has 8 aromatic carbocycles. The van der Waals surface area contributed by atoms with E-state index in [-0.39, 0.29) is 21.7 Å². The average molecular weight is 898 g/mol. The highest BCUT2D eigenvalue weighted by Gasteiger charge is 2.43. The fourth-order valence-corrected chi connectivity index (χ4v) is 13.7. The number of fused-ring (bicyclic) bond motifs is 15. The van der Waals surface area contributed by atoms with Crippen molar-refractivity contribution in [2.24, 2.45) is 0 Å². The van der Waals surface area contributed by atoms with E-state index in [2.05, 4.69) is 213 Å². The Morgan fingerprint density at radius 2 is 1.26 bits per heavy atom. The largest absolute Gasteiger partial charge is 0.456 e. The lowest BCUT2D eigenvalue weighted by Crippen LogP contribution is -2.37. The molecule has 14 rings (SSSR count). The van der Waals surface area contributed by atoms with Crippen LogP contribution in [0, 0.1) is 0 Å². The van der Waals surface area contributed by atoms with Gasteiger partial charge < -0.3 is 14.3 Å². The summed E-state index contributed by atoms with van der Waals surface area (Å²) in [4.78, 5) is 0. The number of thiophene rings is 1. The molecule has 3 nitrogen and oxygen atoms in total. The average Bonchev–Trinajstić information content (AvgIpc) is 4.02. The van der Waals surface area contributed by atoms with E-state index in [0.29, 0.717) is 0 Å². The van der Waals surface area contributed by atoms with E-state index >= 15 is 0 Å². The van der Waals surface area contributed by atoms with Gasteiger partial charge in [-0.2, -0.15) is 0 Å². The first kappa shape index (κ1) is 40.5. The summed E-state index contributed by atoms with van der Waals surface area (Å²) in [6.45, 7) is 21.6. The van der Waals surface area contributed by atoms with Gasteiger partial charge in [0.2, 0.25) is 0 Å². The van der Waals surface area contributed by atoms with Crippen LogP contribution in [0.5, 0.6) is 0 Å². The van der Waals surface area contributed by atoms with Crippen LogP contribution in [-0.4, -0.2) is 11.8 Å². The summed E-state index contributed by atoms with van der Waals surface area (Å²) < 4.78 is 11.8. The third kappa shape index (κ3) is 5.54. The SMILES string of the molecule is CC(C)(C)c1ccc(Nc2cc3c(cc2-c2ccc4c5cc6oc7ccccc7c6cc5n5c4c2[B]c2cc4sc6ccccc6c4cc2-5)-c2cc4c(cc2C3(C)C)C(C)(C)CCC4(C)C)cc1. The van der Waals surface area contributed by atoms with E-state index in [4.69, 9.17) is 4.42 Å². The summed E-state index contributed by atoms with van der Waals surface area (Å²) in [6, 6.07) is 51.0. The van der Waals surface area contributed by atoms with Gasteiger partial charge in [-0.1, -0.05) is 135 Å². The molecule has 0 bridgehead atoms. The lowest BCUT2D eigenvalue weighted by atomic mass is 9.59. The van der Waals surface area contributed by atoms with Crippen LogP contribution >= 0.6 is 11.3 Å². The molecule has 0 amide bonds. The standard InChI is InChI=1S/C63H54BN2OS/c1-60(2,3)34-18-20-35(21-19-34)65-51-32-47-40(41-27-48-49(31-46(41)63(47,8)9)62(6,7)25-24-61(48,4)5)26-42(51)38-22-23-39-43-30-55-44(36-14-10-12-16-54(36)67-55)28-52(43)66-53-29-45-37-15-11-13-17-56(37)68-57(45)33-50(53)64-58(38)59(39)66/h10-23,26-33,65H,24-25H2,1-9H3. The number of para-hydroxylation sites is 1. The molecule has 331 valence electrons. The molecule has 4 heterocycles. The predicted molar refractivity (Wildman–Crippen MR) is 293 cm³/mol. The smallest absolute Gasteiger partial charge is 0.197 e. The molecule has 0 saturated heterocycles. The number of furan rings is 1. The zero-order chi connectivity index (χ0) is 46.4. The first-order chi connectivity index (χ1) is 32.5. The third-order valence-corrected chi connectivity index (χ3v) is 17.8. The molecule has 3 aromatic heterocycles. The molecule has 1 radical (unpaired) electrons. The predicted octanol–water partition coefficient (Wildman–Crippen LogP) is 16.4. The van der Waals surface area contributed by atoms with Crippen LogP contribution in [0.3, 0.4) is 0 Å². The van der Waals surface area contributed by atoms with Crippen LogP contribution in [0.1, 0.15) is 103 Å². The van der Waals surface area contributed by atoms with E-state index in [1.807, 2.05) is 11.3 Å². The van der Waals surface area contributed by atoms with Gasteiger partial charge in [0.1, 0.15) is 11.2 Å². The molecule has 3 aliphatic rings. The number of benzene rings is 8. The van der Waals surface area contributed by atoms with Gasteiger partial charge in [0, 0.05) is 75.3 Å². The maximum atomic E-state index is 6.58. The Balaban J connectivity index is 1.06. The van der Waals surface area contributed by atoms with Crippen molar-refractivity contribution < 1.29 is 4.42 Å². The van der Waals surface area contributed by atoms with Gasteiger partial charge in [0.25, 0.3) is 0 Å². The molecule has 1 N–H and O–H groups in total. The van der Waals surface area contributed by atoms with E-state index in [9.17, 15) is 0 Å². The van der Waals surface area contributed by atoms with Gasteiger partial charge in [0.05, 0.1) is 5.52 Å². The number of nitrogens with zero attached hydrogens (tertiary/aromatic N) is 1. The molecule has 2 aliphatic carbocycles. The normalized spacial score (nSPS) is 16.4. The minimum atomic E-state index is -0.186. The van der Waals surface area contributed by atoms with Gasteiger partial charge in [-0.3, -0.25) is 0 Å². The second kappa shape index (κ2) is 13.4. The zero-order valence-corrected chi connectivity index (χ0v) is 41.3. The number of aromatic nitrogens is 1. The van der Waals surface area contributed by atoms with Gasteiger partial charge in [-0.15, -0.1) is 11.3 Å². The van der Waals surface area contributed by atoms with Crippen LogP contribution in [0.4, 0.5) is 11.4 Å². The Labute approximate surface area is 403 Å². The molecular weight excluding hydrogens is 844 g/mol. The Kier molecular flexibility index (Phi) is 7.96. The topological polar surface area (TPSA) is 30.1 Å². The summed E-state index contributed by atoms with van der Waals surface area (Å²) in [5.74, 6) is 0. The molecular formula is C63H54BN2OS. The first-order valence-electron chi connectivity index (χ1n) is 24.5. The fourth-order valence-electron chi connectivity index (χ4n) is 12.6. The third-order valence-electron chi connectivity index (χ3n) is 16.6. The minimum absolute atomic E-state index is 0.0646. The Morgan fingerprint density at radius 1 is 0.559 bits per heavy atom. The van der Waals surface area contributed by atoms with Crippen molar-refractivity contribution in [1.82, 2.24) is 4.57 Å². The summed E-state index contributed by atoms with van der Waals surface area (Å²) in [5.41, 5.74) is 22.6. The van der Waals surface area contributed by atoms with Crippen molar-refractivity contribution >= 4 is 105 Å². The summed E-state index contributed by atoms with van der Waals surface area (Å²) in [7, 11) is 2.49. The number of hydrogen-bond donors (Lipinski definition) is 1. The number of anilines is 2. The van der Waals surface area contributed by atoms with Crippen LogP contribution in [0.2, 0.25) is 0 Å². The van der Waals surface area contributed by atoms with Gasteiger partial charge in [-0.05, 0) is 146 Å². The molecule has 0 fully saturated rings. The lowest BCUT2D eigenvalue weighted by molar-refractivity contribution is 0.331. The van der Waals surface area contributed by atoms with Gasteiger partial charge in [-0.25, -0.2) is 0 Å². The second-order valence-electron chi connectivity index (χ2n) is 23.1. The highest BCUT2D eigenvalue weighted by atomic mass is 32.1.